The van der Waals surface area contributed by atoms with Crippen molar-refractivity contribution in [1.29, 1.82) is 0 Å². The minimum absolute atomic E-state index is 1.02. The molecule has 7 aromatic rings. The molecule has 0 amide bonds. The SMILES string of the molecule is C/C=C(\C=C/CC)n1c2ccccc2c2cc(-c3ccc4c(c3)c3ccccc3n4/C(C)=C/CC)ccc21.Cc1ccccc1. The van der Waals surface area contributed by atoms with Gasteiger partial charge in [-0.15, -0.1) is 0 Å². The highest BCUT2D eigenvalue weighted by molar-refractivity contribution is 6.13. The molecule has 224 valence electrons. The number of aromatic nitrogens is 2. The Morgan fingerprint density at radius 1 is 0.578 bits per heavy atom. The molecule has 0 aliphatic heterocycles. The van der Waals surface area contributed by atoms with Crippen molar-refractivity contribution in [2.75, 3.05) is 0 Å². The Balaban J connectivity index is 0.000000452. The number of rotatable bonds is 6. The molecule has 2 heteroatoms. The van der Waals surface area contributed by atoms with E-state index in [9.17, 15) is 0 Å². The summed E-state index contributed by atoms with van der Waals surface area (Å²) in [5.74, 6) is 0. The van der Waals surface area contributed by atoms with Crippen molar-refractivity contribution >= 4 is 55.0 Å². The summed E-state index contributed by atoms with van der Waals surface area (Å²) in [7, 11) is 0. The number of aryl methyl sites for hydroxylation is 1. The average Bonchev–Trinajstić information content (AvgIpc) is 3.58. The molecule has 0 radical (unpaired) electrons. The molecule has 7 rings (SSSR count). The zero-order valence-corrected chi connectivity index (χ0v) is 27.1. The van der Waals surface area contributed by atoms with Gasteiger partial charge in [-0.1, -0.05) is 117 Å². The predicted octanol–water partition coefficient (Wildman–Crippen LogP) is 12.7. The first-order chi connectivity index (χ1) is 22.0. The Kier molecular flexibility index (Phi) is 8.84. The van der Waals surface area contributed by atoms with Gasteiger partial charge in [0.25, 0.3) is 0 Å². The van der Waals surface area contributed by atoms with E-state index < -0.39 is 0 Å². The maximum atomic E-state index is 2.40. The summed E-state index contributed by atoms with van der Waals surface area (Å²) in [5, 5.41) is 5.16. The first kappa shape index (κ1) is 30.0. The van der Waals surface area contributed by atoms with Crippen LogP contribution in [0.25, 0.3) is 66.1 Å². The van der Waals surface area contributed by atoms with Gasteiger partial charge >= 0.3 is 0 Å². The second kappa shape index (κ2) is 13.3. The van der Waals surface area contributed by atoms with Crippen LogP contribution < -0.4 is 0 Å². The van der Waals surface area contributed by atoms with E-state index in [1.54, 1.807) is 0 Å². The minimum Gasteiger partial charge on any atom is -0.314 e. The molecule has 0 aliphatic carbocycles. The largest absolute Gasteiger partial charge is 0.314 e. The third-order valence-electron chi connectivity index (χ3n) is 8.55. The van der Waals surface area contributed by atoms with Crippen molar-refractivity contribution in [2.24, 2.45) is 0 Å². The first-order valence-corrected chi connectivity index (χ1v) is 16.1. The van der Waals surface area contributed by atoms with Crippen molar-refractivity contribution in [1.82, 2.24) is 9.13 Å². The molecule has 0 unspecified atom stereocenters. The number of nitrogens with zero attached hydrogens (tertiary/aromatic N) is 2. The third-order valence-corrected chi connectivity index (χ3v) is 8.55. The summed E-state index contributed by atoms with van der Waals surface area (Å²) in [6.07, 6.45) is 11.0. The third kappa shape index (κ3) is 5.77. The van der Waals surface area contributed by atoms with Crippen LogP contribution in [0.4, 0.5) is 0 Å². The fourth-order valence-corrected chi connectivity index (χ4v) is 6.42. The lowest BCUT2D eigenvalue weighted by molar-refractivity contribution is 1.14. The van der Waals surface area contributed by atoms with Gasteiger partial charge < -0.3 is 9.13 Å². The molecular weight excluding hydrogens is 544 g/mol. The summed E-state index contributed by atoms with van der Waals surface area (Å²) in [5.41, 5.74) is 11.3. The van der Waals surface area contributed by atoms with E-state index in [0.717, 1.165) is 12.8 Å². The number of hydrogen-bond acceptors (Lipinski definition) is 0. The molecule has 2 aromatic heterocycles. The fourth-order valence-electron chi connectivity index (χ4n) is 6.42. The smallest absolute Gasteiger partial charge is 0.0541 e. The number of para-hydroxylation sites is 2. The monoisotopic (exact) mass is 586 g/mol. The van der Waals surface area contributed by atoms with Gasteiger partial charge in [-0.25, -0.2) is 0 Å². The number of fused-ring (bicyclic) bond motifs is 6. The molecule has 0 bridgehead atoms. The first-order valence-electron chi connectivity index (χ1n) is 16.1. The topological polar surface area (TPSA) is 9.86 Å². The van der Waals surface area contributed by atoms with Crippen LogP contribution in [-0.2, 0) is 0 Å². The van der Waals surface area contributed by atoms with Gasteiger partial charge in [0, 0.05) is 32.9 Å². The molecular formula is C43H42N2. The van der Waals surface area contributed by atoms with E-state index in [2.05, 4.69) is 165 Å². The van der Waals surface area contributed by atoms with E-state index in [4.69, 9.17) is 0 Å². The lowest BCUT2D eigenvalue weighted by Gasteiger charge is -2.10. The summed E-state index contributed by atoms with van der Waals surface area (Å²) in [6.45, 7) is 10.8. The van der Waals surface area contributed by atoms with E-state index in [1.807, 2.05) is 18.2 Å². The molecule has 0 spiro atoms. The second-order valence-electron chi connectivity index (χ2n) is 11.6. The van der Waals surface area contributed by atoms with Gasteiger partial charge in [0.1, 0.15) is 0 Å². The van der Waals surface area contributed by atoms with Gasteiger partial charge in [0.15, 0.2) is 0 Å². The Morgan fingerprint density at radius 2 is 1.09 bits per heavy atom. The molecule has 0 fully saturated rings. The van der Waals surface area contributed by atoms with Crippen LogP contribution in [0, 0.1) is 6.92 Å². The molecule has 45 heavy (non-hydrogen) atoms. The molecule has 0 aliphatic rings. The molecule has 0 saturated carbocycles. The molecule has 2 nitrogen and oxygen atoms in total. The Bertz CT molecular complexity index is 2200. The van der Waals surface area contributed by atoms with Gasteiger partial charge in [-0.05, 0) is 87.2 Å². The van der Waals surface area contributed by atoms with E-state index in [1.165, 1.54) is 71.7 Å². The van der Waals surface area contributed by atoms with Crippen molar-refractivity contribution in [2.45, 2.75) is 47.5 Å². The van der Waals surface area contributed by atoms with Crippen LogP contribution in [0.5, 0.6) is 0 Å². The van der Waals surface area contributed by atoms with Crippen LogP contribution in [-0.4, -0.2) is 9.13 Å². The lowest BCUT2D eigenvalue weighted by atomic mass is 10.0. The van der Waals surface area contributed by atoms with Crippen molar-refractivity contribution in [3.8, 4) is 11.1 Å². The minimum atomic E-state index is 1.02. The summed E-state index contributed by atoms with van der Waals surface area (Å²) in [6, 6.07) is 41.6. The van der Waals surface area contributed by atoms with Crippen LogP contribution in [0.2, 0.25) is 0 Å². The Labute approximate surface area is 267 Å². The summed E-state index contributed by atoms with van der Waals surface area (Å²) < 4.78 is 4.79. The fraction of sp³-hybridized carbons (Fsp3) is 0.163. The highest BCUT2D eigenvalue weighted by Crippen LogP contribution is 2.38. The van der Waals surface area contributed by atoms with Crippen molar-refractivity contribution in [3.63, 3.8) is 0 Å². The van der Waals surface area contributed by atoms with Crippen LogP contribution in [0.3, 0.4) is 0 Å². The molecule has 5 aromatic carbocycles. The number of benzene rings is 5. The quantitative estimate of drug-likeness (QED) is 0.172. The van der Waals surface area contributed by atoms with E-state index in [-0.39, 0.29) is 0 Å². The van der Waals surface area contributed by atoms with Crippen LogP contribution >= 0.6 is 0 Å². The van der Waals surface area contributed by atoms with E-state index >= 15 is 0 Å². The van der Waals surface area contributed by atoms with Crippen LogP contribution in [0.1, 0.15) is 46.1 Å². The maximum Gasteiger partial charge on any atom is 0.0541 e. The van der Waals surface area contributed by atoms with Gasteiger partial charge in [0.05, 0.1) is 22.1 Å². The summed E-state index contributed by atoms with van der Waals surface area (Å²) >= 11 is 0. The standard InChI is InChI=1S/C36H34N2.C7H8/c1-5-8-14-28(7-3)38-34-18-12-10-16-30(34)32-24-27(20-22-36(32)38)26-19-21-35-31(23-26)29-15-9-11-17-33(29)37(35)25(4)13-6-2;1-7-5-3-2-4-6-7/h7-24H,5-6H2,1-4H3;2-6H,1H3/b14-8-,25-13+,28-7+;. The lowest BCUT2D eigenvalue weighted by Crippen LogP contribution is -1.94. The van der Waals surface area contributed by atoms with E-state index in [0.29, 0.717) is 0 Å². The van der Waals surface area contributed by atoms with Crippen molar-refractivity contribution in [3.05, 3.63) is 145 Å². The normalized spacial score (nSPS) is 12.5. The second-order valence-corrected chi connectivity index (χ2v) is 11.6. The van der Waals surface area contributed by atoms with Crippen LogP contribution in [0.15, 0.2) is 140 Å². The summed E-state index contributed by atoms with van der Waals surface area (Å²) in [4.78, 5) is 0. The highest BCUT2D eigenvalue weighted by atomic mass is 15.0. The van der Waals surface area contributed by atoms with Crippen molar-refractivity contribution < 1.29 is 0 Å². The Morgan fingerprint density at radius 3 is 1.60 bits per heavy atom. The molecule has 0 N–H and O–H groups in total. The average molecular weight is 587 g/mol. The number of hydrogen-bond donors (Lipinski definition) is 0. The number of allylic oxidation sites excluding steroid dienone is 6. The van der Waals surface area contributed by atoms with Gasteiger partial charge in [-0.2, -0.15) is 0 Å². The van der Waals surface area contributed by atoms with Gasteiger partial charge in [0.2, 0.25) is 0 Å². The molecule has 0 saturated heterocycles. The van der Waals surface area contributed by atoms with Gasteiger partial charge in [-0.3, -0.25) is 0 Å². The zero-order chi connectivity index (χ0) is 31.3. The zero-order valence-electron chi connectivity index (χ0n) is 27.1. The molecule has 2 heterocycles. The predicted molar refractivity (Wildman–Crippen MR) is 199 cm³/mol. The molecule has 0 atom stereocenters. The Hall–Kier alpha value is -5.08. The highest BCUT2D eigenvalue weighted by Gasteiger charge is 2.15. The maximum absolute atomic E-state index is 2.40.